The Morgan fingerprint density at radius 3 is 2.62 bits per heavy atom. The SMILES string of the molecule is CCC1(C)CC2CC(CC(C)C2NC(=O)OC(C)(C)C)N1. The van der Waals surface area contributed by atoms with Crippen molar-refractivity contribution in [1.82, 2.24) is 10.6 Å². The molecule has 2 rings (SSSR count). The monoisotopic (exact) mass is 296 g/mol. The molecule has 1 heterocycles. The van der Waals surface area contributed by atoms with E-state index in [0.29, 0.717) is 17.9 Å². The van der Waals surface area contributed by atoms with Crippen molar-refractivity contribution >= 4 is 6.09 Å². The minimum absolute atomic E-state index is 0.210. The normalized spacial score (nSPS) is 39.7. The number of fused-ring (bicyclic) bond motifs is 2. The average Bonchev–Trinajstić information content (AvgIpc) is 2.31. The molecule has 4 heteroatoms. The highest BCUT2D eigenvalue weighted by Gasteiger charge is 2.45. The number of ether oxygens (including phenoxy) is 1. The molecule has 2 bridgehead atoms. The molecule has 1 saturated carbocycles. The fourth-order valence-electron chi connectivity index (χ4n) is 4.08. The van der Waals surface area contributed by atoms with Crippen LogP contribution < -0.4 is 10.6 Å². The fourth-order valence-corrected chi connectivity index (χ4v) is 4.08. The summed E-state index contributed by atoms with van der Waals surface area (Å²) in [5.74, 6) is 1.05. The van der Waals surface area contributed by atoms with Crippen LogP contribution in [-0.4, -0.2) is 29.3 Å². The molecule has 0 spiro atoms. The molecule has 4 nitrogen and oxygen atoms in total. The Labute approximate surface area is 129 Å². The molecule has 1 amide bonds. The zero-order valence-electron chi connectivity index (χ0n) is 14.5. The summed E-state index contributed by atoms with van der Waals surface area (Å²) in [4.78, 5) is 12.1. The minimum Gasteiger partial charge on any atom is -0.444 e. The number of amides is 1. The van der Waals surface area contributed by atoms with Gasteiger partial charge in [-0.25, -0.2) is 4.79 Å². The highest BCUT2D eigenvalue weighted by Crippen LogP contribution is 2.40. The molecule has 5 atom stereocenters. The van der Waals surface area contributed by atoms with Crippen LogP contribution in [0.3, 0.4) is 0 Å². The molecule has 0 aromatic carbocycles. The smallest absolute Gasteiger partial charge is 0.407 e. The molecular weight excluding hydrogens is 264 g/mol. The molecule has 2 fully saturated rings. The van der Waals surface area contributed by atoms with Gasteiger partial charge in [0.2, 0.25) is 0 Å². The number of carbonyl (C=O) groups excluding carboxylic acids is 1. The van der Waals surface area contributed by atoms with Crippen molar-refractivity contribution in [3.8, 4) is 0 Å². The average molecular weight is 296 g/mol. The van der Waals surface area contributed by atoms with E-state index in [-0.39, 0.29) is 17.7 Å². The first-order chi connectivity index (χ1) is 9.62. The van der Waals surface area contributed by atoms with Crippen LogP contribution in [0.25, 0.3) is 0 Å². The summed E-state index contributed by atoms with van der Waals surface area (Å²) in [6.45, 7) is 12.5. The first-order valence-electron chi connectivity index (χ1n) is 8.39. The molecule has 0 radical (unpaired) electrons. The standard InChI is InChI=1S/C17H32N2O2/c1-7-17(6)10-12-9-13(19-17)8-11(2)14(12)18-15(20)21-16(3,4)5/h11-14,19H,7-10H2,1-6H3,(H,18,20). The van der Waals surface area contributed by atoms with E-state index in [1.807, 2.05) is 20.8 Å². The Bertz CT molecular complexity index is 389. The Hall–Kier alpha value is -0.770. The quantitative estimate of drug-likeness (QED) is 0.820. The number of hydrogen-bond acceptors (Lipinski definition) is 3. The van der Waals surface area contributed by atoms with Crippen LogP contribution in [0, 0.1) is 11.8 Å². The zero-order chi connectivity index (χ0) is 15.8. The van der Waals surface area contributed by atoms with Crippen molar-refractivity contribution in [2.75, 3.05) is 0 Å². The fraction of sp³-hybridized carbons (Fsp3) is 0.941. The van der Waals surface area contributed by atoms with Gasteiger partial charge in [0, 0.05) is 17.6 Å². The van der Waals surface area contributed by atoms with E-state index in [1.165, 1.54) is 6.42 Å². The van der Waals surface area contributed by atoms with E-state index in [1.54, 1.807) is 0 Å². The van der Waals surface area contributed by atoms with Crippen LogP contribution >= 0.6 is 0 Å². The van der Waals surface area contributed by atoms with Gasteiger partial charge in [-0.1, -0.05) is 13.8 Å². The first kappa shape index (κ1) is 16.6. The number of hydrogen-bond donors (Lipinski definition) is 2. The van der Waals surface area contributed by atoms with Gasteiger partial charge >= 0.3 is 6.09 Å². The second-order valence-electron chi connectivity index (χ2n) is 8.34. The van der Waals surface area contributed by atoms with Gasteiger partial charge in [0.25, 0.3) is 0 Å². The van der Waals surface area contributed by atoms with Crippen molar-refractivity contribution in [3.05, 3.63) is 0 Å². The third-order valence-corrected chi connectivity index (χ3v) is 5.09. The lowest BCUT2D eigenvalue weighted by molar-refractivity contribution is 0.0273. The highest BCUT2D eigenvalue weighted by molar-refractivity contribution is 5.68. The maximum atomic E-state index is 12.1. The molecule has 122 valence electrons. The molecule has 0 aromatic heterocycles. The molecule has 5 unspecified atom stereocenters. The minimum atomic E-state index is -0.434. The van der Waals surface area contributed by atoms with Gasteiger partial charge in [-0.3, -0.25) is 0 Å². The van der Waals surface area contributed by atoms with E-state index in [0.717, 1.165) is 19.3 Å². The summed E-state index contributed by atoms with van der Waals surface area (Å²) < 4.78 is 5.44. The summed E-state index contributed by atoms with van der Waals surface area (Å²) in [5, 5.41) is 6.96. The van der Waals surface area contributed by atoms with Gasteiger partial charge < -0.3 is 15.4 Å². The van der Waals surface area contributed by atoms with Gasteiger partial charge in [-0.15, -0.1) is 0 Å². The maximum Gasteiger partial charge on any atom is 0.407 e. The molecule has 1 saturated heterocycles. The van der Waals surface area contributed by atoms with E-state index in [2.05, 4.69) is 31.4 Å². The lowest BCUT2D eigenvalue weighted by Crippen LogP contribution is -2.62. The van der Waals surface area contributed by atoms with E-state index < -0.39 is 5.60 Å². The Morgan fingerprint density at radius 2 is 2.05 bits per heavy atom. The van der Waals surface area contributed by atoms with Crippen molar-refractivity contribution in [1.29, 1.82) is 0 Å². The first-order valence-corrected chi connectivity index (χ1v) is 8.39. The van der Waals surface area contributed by atoms with Gasteiger partial charge in [0.05, 0.1) is 0 Å². The molecule has 21 heavy (non-hydrogen) atoms. The zero-order valence-corrected chi connectivity index (χ0v) is 14.5. The number of piperidine rings is 1. The highest BCUT2D eigenvalue weighted by atomic mass is 16.6. The van der Waals surface area contributed by atoms with Gasteiger partial charge in [-0.05, 0) is 65.2 Å². The topological polar surface area (TPSA) is 50.4 Å². The predicted octanol–water partition coefficient (Wildman–Crippen LogP) is 3.46. The molecule has 0 aromatic rings. The Kier molecular flexibility index (Phi) is 4.57. The van der Waals surface area contributed by atoms with E-state index in [9.17, 15) is 4.79 Å². The van der Waals surface area contributed by atoms with Crippen molar-refractivity contribution in [2.45, 2.75) is 90.4 Å². The number of alkyl carbamates (subject to hydrolysis) is 1. The molecule has 1 aliphatic heterocycles. The maximum absolute atomic E-state index is 12.1. The van der Waals surface area contributed by atoms with Crippen molar-refractivity contribution < 1.29 is 9.53 Å². The number of nitrogens with one attached hydrogen (secondary N) is 2. The van der Waals surface area contributed by atoms with Crippen molar-refractivity contribution in [3.63, 3.8) is 0 Å². The van der Waals surface area contributed by atoms with E-state index in [4.69, 9.17) is 4.74 Å². The van der Waals surface area contributed by atoms with Gasteiger partial charge in [-0.2, -0.15) is 0 Å². The Morgan fingerprint density at radius 1 is 1.38 bits per heavy atom. The van der Waals surface area contributed by atoms with Crippen LogP contribution in [0.1, 0.15) is 67.2 Å². The lowest BCUT2D eigenvalue weighted by Gasteiger charge is -2.51. The summed E-state index contributed by atoms with van der Waals surface area (Å²) in [5.41, 5.74) is -0.224. The largest absolute Gasteiger partial charge is 0.444 e. The summed E-state index contributed by atoms with van der Waals surface area (Å²) >= 11 is 0. The van der Waals surface area contributed by atoms with E-state index >= 15 is 0 Å². The third-order valence-electron chi connectivity index (χ3n) is 5.09. The van der Waals surface area contributed by atoms with Gasteiger partial charge in [0.15, 0.2) is 0 Å². The van der Waals surface area contributed by atoms with Crippen LogP contribution in [-0.2, 0) is 4.74 Å². The second kappa shape index (κ2) is 5.79. The number of carbonyl (C=O) groups is 1. The van der Waals surface area contributed by atoms with Crippen LogP contribution in [0.4, 0.5) is 4.79 Å². The summed E-state index contributed by atoms with van der Waals surface area (Å²) in [6.07, 6.45) is 4.29. The lowest BCUT2D eigenvalue weighted by atomic mass is 9.66. The van der Waals surface area contributed by atoms with Gasteiger partial charge in [0.1, 0.15) is 5.60 Å². The molecule has 2 N–H and O–H groups in total. The molecule has 2 aliphatic rings. The Balaban J connectivity index is 2.03. The summed E-state index contributed by atoms with van der Waals surface area (Å²) in [7, 11) is 0. The van der Waals surface area contributed by atoms with Crippen LogP contribution in [0.5, 0.6) is 0 Å². The summed E-state index contributed by atoms with van der Waals surface area (Å²) in [6, 6.07) is 0.837. The van der Waals surface area contributed by atoms with Crippen LogP contribution in [0.2, 0.25) is 0 Å². The molecule has 1 aliphatic carbocycles. The number of rotatable bonds is 2. The predicted molar refractivity (Wildman–Crippen MR) is 85.3 cm³/mol. The third kappa shape index (κ3) is 4.12. The second-order valence-corrected chi connectivity index (χ2v) is 8.34. The van der Waals surface area contributed by atoms with Crippen LogP contribution in [0.15, 0.2) is 0 Å². The van der Waals surface area contributed by atoms with Crippen molar-refractivity contribution in [2.24, 2.45) is 11.8 Å². The molecular formula is C17H32N2O2.